The van der Waals surface area contributed by atoms with Crippen LogP contribution < -0.4 is 4.80 Å². The highest BCUT2D eigenvalue weighted by Crippen LogP contribution is 2.30. The van der Waals surface area contributed by atoms with Gasteiger partial charge in [0.25, 0.3) is 0 Å². The number of aliphatic imine (C=N–C) groups is 5. The molecule has 6 heterocycles. The number of hydrogen-bond donors (Lipinski definition) is 1. The first-order valence-corrected chi connectivity index (χ1v) is 34.5. The number of aromatic amines is 1. The fourth-order valence-electron chi connectivity index (χ4n) is 9.02. The van der Waals surface area contributed by atoms with Gasteiger partial charge in [-0.3, -0.25) is 20.0 Å². The molecule has 11 nitrogen and oxygen atoms in total. The highest BCUT2D eigenvalue weighted by molar-refractivity contribution is 6.08. The number of amidine groups is 1. The molecule has 0 saturated heterocycles. The lowest BCUT2D eigenvalue weighted by Gasteiger charge is -2.10. The molecule has 1 aromatic rings. The zero-order valence-electron chi connectivity index (χ0n) is 62.7. The van der Waals surface area contributed by atoms with Crippen LogP contribution in [0.25, 0.3) is 0 Å². The molecule has 0 saturated carbocycles. The van der Waals surface area contributed by atoms with E-state index in [1.807, 2.05) is 6.20 Å². The molecule has 0 unspecified atom stereocenters. The fourth-order valence-corrected chi connectivity index (χ4v) is 9.02. The molecule has 0 radical (unpaired) electrons. The number of tetrazole rings is 1. The summed E-state index contributed by atoms with van der Waals surface area (Å²) in [5.41, 5.74) is 18.2. The fraction of sp³-hybridized carbons (Fsp3) is 0.714. The minimum Gasteiger partial charge on any atom is -0.285 e. The molecule has 0 spiro atoms. The van der Waals surface area contributed by atoms with Gasteiger partial charge in [-0.2, -0.15) is 10.2 Å². The minimum atomic E-state index is 0.356. The summed E-state index contributed by atoms with van der Waals surface area (Å²) < 4.78 is 0. The summed E-state index contributed by atoms with van der Waals surface area (Å²) in [7, 11) is 0. The van der Waals surface area contributed by atoms with E-state index >= 15 is 0 Å². The van der Waals surface area contributed by atoms with Gasteiger partial charge in [0, 0.05) is 77.3 Å². The SMILES string of the molecule is CC(C)C1=CC(C(C)C)=NC1.CC(C)C1=CC=C(C(C)C)C1.CC(C)C1=CCC(C(C)C)=C1.CC(C)C1=CCC(C(C)C)=N1.CC(C)C1=CN=C(C(C)C)C1.CC(C)C1=NC(C(C)C)=NC1.CC(C)C1=NN=C(C(C)C)C1.CC(C)c1n[nH][n+](C(C)C)n1. The standard InChI is InChI=1S/2C11H18.3C10H17N.2C9H16N2.C7H14N4/c2*1-8(2)10-5-6-11(7-10)9(3)4;2*1-7(2)9-5-10(8(3)4)11-6-9;1-7(2)9-5-6-10(11-9)8(3)4;1-6(2)8-5-10-9(11-8)7(3)4;1-6(2)8-5-9(7(3)4)11-10-8;1-5(2)7-8-10-11(9-7)6(3)4/h5,7-9H,6H2,1-4H3;5-6,8-9H,7H2,1-4H3;6-8H,5H2,1-4H3;2*5,7-8H,6H2,1-4H3;2*6-7H,5H2,1-4H3;5-6H,1-4H3/p+1. The molecule has 88 heavy (non-hydrogen) atoms. The number of hydrogen-bond acceptors (Lipinski definition) is 9. The maximum atomic E-state index is 4.56. The molecule has 2 aliphatic carbocycles. The molecule has 7 aliphatic rings. The van der Waals surface area contributed by atoms with E-state index in [-0.39, 0.29) is 0 Å². The lowest BCUT2D eigenvalue weighted by molar-refractivity contribution is -0.821. The summed E-state index contributed by atoms with van der Waals surface area (Å²) in [6, 6.07) is 0.356. The predicted molar refractivity (Wildman–Crippen MR) is 390 cm³/mol. The molecule has 0 atom stereocenters. The van der Waals surface area contributed by atoms with Crippen molar-refractivity contribution in [3.63, 3.8) is 0 Å². The Labute approximate surface area is 542 Å². The number of rotatable bonds is 16. The van der Waals surface area contributed by atoms with E-state index in [1.54, 1.807) is 21.5 Å². The van der Waals surface area contributed by atoms with Gasteiger partial charge in [0.1, 0.15) is 11.9 Å². The van der Waals surface area contributed by atoms with Crippen molar-refractivity contribution in [3.8, 4) is 0 Å². The summed E-state index contributed by atoms with van der Waals surface area (Å²) >= 11 is 0. The van der Waals surface area contributed by atoms with Crippen LogP contribution in [-0.2, 0) is 0 Å². The van der Waals surface area contributed by atoms with E-state index in [0.29, 0.717) is 77.1 Å². The maximum absolute atomic E-state index is 4.56. The second-order valence-corrected chi connectivity index (χ2v) is 29.8. The average molecular weight is 1210 g/mol. The third-order valence-electron chi connectivity index (χ3n) is 16.4. The molecule has 496 valence electrons. The van der Waals surface area contributed by atoms with Crippen molar-refractivity contribution in [1.82, 2.24) is 15.4 Å². The van der Waals surface area contributed by atoms with Gasteiger partial charge >= 0.3 is 5.82 Å². The van der Waals surface area contributed by atoms with Gasteiger partial charge in [-0.1, -0.05) is 260 Å². The Bertz CT molecular complexity index is 2340. The van der Waals surface area contributed by atoms with Gasteiger partial charge in [0.05, 0.1) is 18.2 Å². The third-order valence-corrected chi connectivity index (χ3v) is 16.4. The second kappa shape index (κ2) is 40.6. The van der Waals surface area contributed by atoms with Crippen molar-refractivity contribution < 1.29 is 4.80 Å². The Hall–Kier alpha value is -5.06. The van der Waals surface area contributed by atoms with Crippen molar-refractivity contribution in [2.24, 2.45) is 118 Å². The molecule has 8 rings (SSSR count). The molecule has 0 aromatic carbocycles. The van der Waals surface area contributed by atoms with Crippen LogP contribution >= 0.6 is 0 Å². The van der Waals surface area contributed by atoms with Crippen molar-refractivity contribution in [3.05, 3.63) is 87.6 Å². The number of H-pyrrole nitrogens is 1. The van der Waals surface area contributed by atoms with Crippen LogP contribution in [0.5, 0.6) is 0 Å². The van der Waals surface area contributed by atoms with Crippen molar-refractivity contribution in [2.75, 3.05) is 13.1 Å². The topological polar surface area (TPSA) is 132 Å². The predicted octanol–water partition coefficient (Wildman–Crippen LogP) is 21.3. The summed E-state index contributed by atoms with van der Waals surface area (Å²) in [5, 5.41) is 19.5. The van der Waals surface area contributed by atoms with Gasteiger partial charge in [0.15, 0.2) is 0 Å². The monoisotopic (exact) mass is 1210 g/mol. The number of allylic oxidation sites excluding steroid dienone is 12. The van der Waals surface area contributed by atoms with Crippen LogP contribution in [0, 0.1) is 82.9 Å². The second-order valence-electron chi connectivity index (χ2n) is 29.8. The van der Waals surface area contributed by atoms with E-state index in [1.165, 1.54) is 69.5 Å². The molecule has 0 bridgehead atoms. The maximum Gasteiger partial charge on any atom is 0.310 e. The molecule has 1 aromatic heterocycles. The van der Waals surface area contributed by atoms with Crippen LogP contribution in [0.4, 0.5) is 0 Å². The molecule has 0 fully saturated rings. The average Bonchev–Trinajstić information content (AvgIpc) is 4.48. The van der Waals surface area contributed by atoms with Gasteiger partial charge < -0.3 is 0 Å². The first kappa shape index (κ1) is 81.0. The van der Waals surface area contributed by atoms with Crippen molar-refractivity contribution in [1.29, 1.82) is 0 Å². The number of aromatic nitrogens is 4. The third kappa shape index (κ3) is 30.2. The largest absolute Gasteiger partial charge is 0.310 e. The van der Waals surface area contributed by atoms with Gasteiger partial charge in [-0.25, -0.2) is 4.99 Å². The van der Waals surface area contributed by atoms with E-state index in [0.717, 1.165) is 61.8 Å². The zero-order chi connectivity index (χ0) is 67.4. The Balaban J connectivity index is 0.000000503. The van der Waals surface area contributed by atoms with Crippen LogP contribution in [0.2, 0.25) is 0 Å². The molecular weight excluding hydrogens is 1080 g/mol. The normalized spacial score (nSPS) is 16.9. The highest BCUT2D eigenvalue weighted by atomic mass is 15.6. The number of nitrogens with zero attached hydrogens (tertiary/aromatic N) is 10. The van der Waals surface area contributed by atoms with E-state index in [9.17, 15) is 0 Å². The summed E-state index contributed by atoms with van der Waals surface area (Å²) in [6.45, 7) is 71.9. The Morgan fingerprint density at radius 2 is 0.875 bits per heavy atom. The summed E-state index contributed by atoms with van der Waals surface area (Å²) in [5.74, 6) is 11.0. The van der Waals surface area contributed by atoms with E-state index in [4.69, 9.17) is 0 Å². The zero-order valence-corrected chi connectivity index (χ0v) is 62.7. The summed E-state index contributed by atoms with van der Waals surface area (Å²) in [6.07, 6.45) is 21.4. The van der Waals surface area contributed by atoms with E-state index in [2.05, 4.69) is 309 Å². The van der Waals surface area contributed by atoms with Gasteiger partial charge in [-0.15, -0.1) is 0 Å². The number of nitrogens with one attached hydrogen (secondary N) is 1. The Morgan fingerprint density at radius 3 is 1.12 bits per heavy atom. The molecule has 5 aliphatic heterocycles. The van der Waals surface area contributed by atoms with E-state index < -0.39 is 0 Å². The Morgan fingerprint density at radius 1 is 0.375 bits per heavy atom. The molecule has 1 N–H and O–H groups in total. The first-order chi connectivity index (χ1) is 40.9. The van der Waals surface area contributed by atoms with Gasteiger partial charge in [-0.05, 0) is 137 Å². The van der Waals surface area contributed by atoms with Crippen molar-refractivity contribution in [2.45, 2.75) is 266 Å². The first-order valence-electron chi connectivity index (χ1n) is 34.5. The quantitative estimate of drug-likeness (QED) is 0.165. The minimum absolute atomic E-state index is 0.356. The molecule has 11 heteroatoms. The smallest absolute Gasteiger partial charge is 0.285 e. The van der Waals surface area contributed by atoms with Gasteiger partial charge in [0.2, 0.25) is 0 Å². The van der Waals surface area contributed by atoms with Crippen LogP contribution in [-0.4, -0.2) is 68.6 Å². The van der Waals surface area contributed by atoms with Crippen LogP contribution in [0.15, 0.2) is 117 Å². The van der Waals surface area contributed by atoms with Crippen LogP contribution in [0.1, 0.15) is 271 Å². The molecule has 0 amide bonds. The summed E-state index contributed by atoms with van der Waals surface area (Å²) in [4.78, 5) is 24.0. The molecular formula is C77H134N11+. The van der Waals surface area contributed by atoms with Crippen molar-refractivity contribution >= 4 is 40.1 Å². The van der Waals surface area contributed by atoms with Crippen LogP contribution in [0.3, 0.4) is 0 Å². The highest BCUT2D eigenvalue weighted by Gasteiger charge is 2.21. The Kier molecular flexibility index (Phi) is 37.4. The lowest BCUT2D eigenvalue weighted by atomic mass is 9.95. The lowest BCUT2D eigenvalue weighted by Crippen LogP contribution is -2.41.